The molecule has 5 nitrogen and oxygen atoms in total. The third-order valence-electron chi connectivity index (χ3n) is 3.77. The van der Waals surface area contributed by atoms with Crippen LogP contribution in [-0.4, -0.2) is 22.1 Å². The van der Waals surface area contributed by atoms with Gasteiger partial charge < -0.3 is 10.1 Å². The fourth-order valence-corrected chi connectivity index (χ4v) is 4.64. The van der Waals surface area contributed by atoms with E-state index in [2.05, 4.69) is 26.0 Å². The molecule has 3 rings (SSSR count). The van der Waals surface area contributed by atoms with Gasteiger partial charge in [0.05, 0.1) is 18.5 Å². The van der Waals surface area contributed by atoms with Gasteiger partial charge >= 0.3 is 0 Å². The standard InChI is InChI=1S/C16H16BrFN2O3S/c1-23-14-5-4-12(9-13(14)18)20-24(21,22)15-8-11(17)7-10-3-2-6-19-16(10)15/h4-5,7-9,19-20H,2-3,6H2,1H3. The Bertz CT molecular complexity index is 887. The van der Waals surface area contributed by atoms with Crippen molar-refractivity contribution in [2.45, 2.75) is 17.7 Å². The van der Waals surface area contributed by atoms with Crippen LogP contribution in [0.4, 0.5) is 15.8 Å². The maximum Gasteiger partial charge on any atom is 0.264 e. The Balaban J connectivity index is 1.99. The largest absolute Gasteiger partial charge is 0.494 e. The van der Waals surface area contributed by atoms with E-state index in [0.29, 0.717) is 16.7 Å². The van der Waals surface area contributed by atoms with Gasteiger partial charge in [-0.1, -0.05) is 15.9 Å². The van der Waals surface area contributed by atoms with Crippen LogP contribution in [0.5, 0.6) is 5.75 Å². The van der Waals surface area contributed by atoms with E-state index in [1.807, 2.05) is 6.07 Å². The van der Waals surface area contributed by atoms with Gasteiger partial charge in [0.15, 0.2) is 11.6 Å². The molecule has 0 bridgehead atoms. The fraction of sp³-hybridized carbons (Fsp3) is 0.250. The zero-order chi connectivity index (χ0) is 17.3. The number of aryl methyl sites for hydroxylation is 1. The number of halogens is 2. The summed E-state index contributed by atoms with van der Waals surface area (Å²) in [5.74, 6) is -0.577. The van der Waals surface area contributed by atoms with Crippen LogP contribution in [0.1, 0.15) is 12.0 Å². The van der Waals surface area contributed by atoms with E-state index in [4.69, 9.17) is 4.74 Å². The van der Waals surface area contributed by atoms with Gasteiger partial charge in [0, 0.05) is 17.1 Å². The topological polar surface area (TPSA) is 67.4 Å². The lowest BCUT2D eigenvalue weighted by molar-refractivity contribution is 0.386. The van der Waals surface area contributed by atoms with Crippen LogP contribution < -0.4 is 14.8 Å². The molecule has 0 fully saturated rings. The van der Waals surface area contributed by atoms with E-state index >= 15 is 0 Å². The first kappa shape index (κ1) is 17.0. The highest BCUT2D eigenvalue weighted by molar-refractivity contribution is 9.10. The lowest BCUT2D eigenvalue weighted by Crippen LogP contribution is -2.20. The van der Waals surface area contributed by atoms with Crippen LogP contribution in [0.25, 0.3) is 0 Å². The summed E-state index contributed by atoms with van der Waals surface area (Å²) in [5, 5.41) is 3.15. The average molecular weight is 415 g/mol. The number of benzene rings is 2. The lowest BCUT2D eigenvalue weighted by Gasteiger charge is -2.22. The highest BCUT2D eigenvalue weighted by atomic mass is 79.9. The Labute approximate surface area is 148 Å². The van der Waals surface area contributed by atoms with Gasteiger partial charge in [0.2, 0.25) is 0 Å². The molecule has 0 unspecified atom stereocenters. The molecule has 0 aromatic heterocycles. The number of sulfonamides is 1. The molecule has 1 heterocycles. The summed E-state index contributed by atoms with van der Waals surface area (Å²) in [5.41, 5.74) is 1.68. The van der Waals surface area contributed by atoms with Crippen LogP contribution >= 0.6 is 15.9 Å². The number of methoxy groups -OCH3 is 1. The molecule has 128 valence electrons. The van der Waals surface area contributed by atoms with Gasteiger partial charge in [-0.2, -0.15) is 0 Å². The molecule has 0 amide bonds. The highest BCUT2D eigenvalue weighted by Crippen LogP contribution is 2.34. The Hall–Kier alpha value is -1.80. The molecule has 1 aliphatic heterocycles. The van der Waals surface area contributed by atoms with Gasteiger partial charge in [-0.25, -0.2) is 12.8 Å². The van der Waals surface area contributed by atoms with Gasteiger partial charge in [-0.15, -0.1) is 0 Å². The van der Waals surface area contributed by atoms with Gasteiger partial charge in [-0.05, 0) is 42.7 Å². The molecule has 0 saturated carbocycles. The van der Waals surface area contributed by atoms with Crippen LogP contribution in [0, 0.1) is 5.82 Å². The summed E-state index contributed by atoms with van der Waals surface area (Å²) >= 11 is 3.35. The molecule has 2 aromatic rings. The van der Waals surface area contributed by atoms with E-state index in [9.17, 15) is 12.8 Å². The normalized spacial score (nSPS) is 13.8. The second kappa shape index (κ2) is 6.60. The number of fused-ring (bicyclic) bond motifs is 1. The molecular formula is C16H16BrFN2O3S. The molecule has 24 heavy (non-hydrogen) atoms. The van der Waals surface area contributed by atoms with E-state index in [-0.39, 0.29) is 16.3 Å². The Morgan fingerprint density at radius 1 is 1.29 bits per heavy atom. The van der Waals surface area contributed by atoms with Crippen molar-refractivity contribution in [1.82, 2.24) is 0 Å². The summed E-state index contributed by atoms with van der Waals surface area (Å²) in [6, 6.07) is 7.38. The van der Waals surface area contributed by atoms with Crippen LogP contribution in [0.3, 0.4) is 0 Å². The molecule has 0 radical (unpaired) electrons. The number of nitrogens with one attached hydrogen (secondary N) is 2. The smallest absolute Gasteiger partial charge is 0.264 e. The van der Waals surface area contributed by atoms with Crippen molar-refractivity contribution in [1.29, 1.82) is 0 Å². The molecule has 0 saturated heterocycles. The average Bonchev–Trinajstić information content (AvgIpc) is 2.54. The minimum absolute atomic E-state index is 0.0550. The maximum atomic E-state index is 13.8. The second-order valence-corrected chi connectivity index (χ2v) is 7.99. The second-order valence-electron chi connectivity index (χ2n) is 5.42. The van der Waals surface area contributed by atoms with Crippen molar-refractivity contribution >= 4 is 37.3 Å². The molecule has 8 heteroatoms. The van der Waals surface area contributed by atoms with Crippen molar-refractivity contribution in [3.05, 3.63) is 46.2 Å². The maximum absolute atomic E-state index is 13.8. The van der Waals surface area contributed by atoms with Gasteiger partial charge in [-0.3, -0.25) is 4.72 Å². The summed E-state index contributed by atoms with van der Waals surface area (Å²) in [4.78, 5) is 0.141. The number of ether oxygens (including phenoxy) is 1. The highest BCUT2D eigenvalue weighted by Gasteiger charge is 2.24. The van der Waals surface area contributed by atoms with Crippen molar-refractivity contribution in [3.63, 3.8) is 0 Å². The molecule has 0 spiro atoms. The fourth-order valence-electron chi connectivity index (χ4n) is 2.68. The minimum atomic E-state index is -3.86. The first-order valence-corrected chi connectivity index (χ1v) is 9.61. The van der Waals surface area contributed by atoms with Crippen molar-refractivity contribution in [2.24, 2.45) is 0 Å². The third kappa shape index (κ3) is 3.34. The van der Waals surface area contributed by atoms with Crippen molar-refractivity contribution in [3.8, 4) is 5.75 Å². The Morgan fingerprint density at radius 2 is 2.08 bits per heavy atom. The van der Waals surface area contributed by atoms with E-state index < -0.39 is 15.8 Å². The Kier molecular flexibility index (Phi) is 4.69. The number of hydrogen-bond donors (Lipinski definition) is 2. The molecular weight excluding hydrogens is 399 g/mol. The third-order valence-corrected chi connectivity index (χ3v) is 5.63. The van der Waals surface area contributed by atoms with Crippen LogP contribution in [0.2, 0.25) is 0 Å². The van der Waals surface area contributed by atoms with Crippen LogP contribution in [0.15, 0.2) is 39.7 Å². The van der Waals surface area contributed by atoms with E-state index in [0.717, 1.165) is 24.5 Å². The molecule has 2 N–H and O–H groups in total. The SMILES string of the molecule is COc1ccc(NS(=O)(=O)c2cc(Br)cc3c2NCCC3)cc1F. The number of anilines is 2. The van der Waals surface area contributed by atoms with Gasteiger partial charge in [0.25, 0.3) is 10.0 Å². The summed E-state index contributed by atoms with van der Waals surface area (Å²) < 4.78 is 47.3. The quantitative estimate of drug-likeness (QED) is 0.798. The number of rotatable bonds is 4. The van der Waals surface area contributed by atoms with Crippen molar-refractivity contribution < 1.29 is 17.5 Å². The van der Waals surface area contributed by atoms with Crippen molar-refractivity contribution in [2.75, 3.05) is 23.7 Å². The van der Waals surface area contributed by atoms with Crippen LogP contribution in [-0.2, 0) is 16.4 Å². The van der Waals surface area contributed by atoms with Gasteiger partial charge in [0.1, 0.15) is 4.90 Å². The summed E-state index contributed by atoms with van der Waals surface area (Å²) in [6.07, 6.45) is 1.75. The molecule has 2 aromatic carbocycles. The minimum Gasteiger partial charge on any atom is -0.494 e. The lowest BCUT2D eigenvalue weighted by atomic mass is 10.0. The predicted octanol–water partition coefficient (Wildman–Crippen LogP) is 3.76. The summed E-state index contributed by atoms with van der Waals surface area (Å²) in [6.45, 7) is 0.717. The summed E-state index contributed by atoms with van der Waals surface area (Å²) in [7, 11) is -2.51. The molecule has 0 aliphatic carbocycles. The predicted molar refractivity (Wildman–Crippen MR) is 94.7 cm³/mol. The van der Waals surface area contributed by atoms with E-state index in [1.165, 1.54) is 19.2 Å². The zero-order valence-electron chi connectivity index (χ0n) is 12.9. The monoisotopic (exact) mass is 414 g/mol. The first-order chi connectivity index (χ1) is 11.4. The molecule has 0 atom stereocenters. The Morgan fingerprint density at radius 3 is 2.79 bits per heavy atom. The van der Waals surface area contributed by atoms with E-state index in [1.54, 1.807) is 6.07 Å². The number of hydrogen-bond acceptors (Lipinski definition) is 4. The first-order valence-electron chi connectivity index (χ1n) is 7.33. The zero-order valence-corrected chi connectivity index (χ0v) is 15.3. The molecule has 1 aliphatic rings.